The molecule has 0 aliphatic rings. The van der Waals surface area contributed by atoms with Gasteiger partial charge in [-0.05, 0) is 41.1 Å². The van der Waals surface area contributed by atoms with Gasteiger partial charge in [-0.15, -0.1) is 0 Å². The first-order valence-electron chi connectivity index (χ1n) is 6.59. The van der Waals surface area contributed by atoms with Crippen LogP contribution >= 0.6 is 28.1 Å². The minimum Gasteiger partial charge on any atom is -0.444 e. The van der Waals surface area contributed by atoms with Crippen LogP contribution in [0.3, 0.4) is 0 Å². The number of carbonyl (C=O) groups is 1. The highest BCUT2D eigenvalue weighted by Gasteiger charge is 2.15. The van der Waals surface area contributed by atoms with Gasteiger partial charge in [0.05, 0.1) is 0 Å². The molecule has 0 aromatic carbocycles. The van der Waals surface area contributed by atoms with Gasteiger partial charge in [-0.3, -0.25) is 9.89 Å². The number of aromatic amines is 1. The summed E-state index contributed by atoms with van der Waals surface area (Å²) in [5.74, 6) is 1.23. The molecule has 6 nitrogen and oxygen atoms in total. The van der Waals surface area contributed by atoms with E-state index < -0.39 is 0 Å². The SMILES string of the molecule is Cc1cc(Br)oc1C(=O)NCCn1c(C(C)C)n[nH]c1=S. The summed E-state index contributed by atoms with van der Waals surface area (Å²) in [5.41, 5.74) is 0.794. The second-order valence-electron chi connectivity index (χ2n) is 5.01. The number of amides is 1. The monoisotopic (exact) mass is 372 g/mol. The molecule has 2 N–H and O–H groups in total. The summed E-state index contributed by atoms with van der Waals surface area (Å²) in [5, 5.41) is 9.80. The second-order valence-corrected chi connectivity index (χ2v) is 6.18. The molecule has 0 bridgehead atoms. The minimum absolute atomic E-state index is 0.237. The van der Waals surface area contributed by atoms with E-state index in [0.29, 0.717) is 28.3 Å². The Morgan fingerprint density at radius 2 is 2.33 bits per heavy atom. The number of aromatic nitrogens is 3. The van der Waals surface area contributed by atoms with Crippen LogP contribution in [-0.4, -0.2) is 27.2 Å². The first kappa shape index (κ1) is 16.0. The molecule has 0 aliphatic carbocycles. The number of hydrogen-bond donors (Lipinski definition) is 2. The molecule has 0 fully saturated rings. The number of rotatable bonds is 5. The van der Waals surface area contributed by atoms with E-state index in [1.165, 1.54) is 0 Å². The van der Waals surface area contributed by atoms with Gasteiger partial charge >= 0.3 is 0 Å². The van der Waals surface area contributed by atoms with Crippen LogP contribution in [0.15, 0.2) is 15.2 Å². The Balaban J connectivity index is 1.99. The number of nitrogens with one attached hydrogen (secondary N) is 2. The first-order chi connectivity index (χ1) is 9.90. The smallest absolute Gasteiger partial charge is 0.287 e. The minimum atomic E-state index is -0.237. The van der Waals surface area contributed by atoms with Gasteiger partial charge in [-0.1, -0.05) is 13.8 Å². The van der Waals surface area contributed by atoms with Gasteiger partial charge in [0.1, 0.15) is 5.82 Å². The first-order valence-corrected chi connectivity index (χ1v) is 7.79. The Kier molecular flexibility index (Phi) is 5.00. The fourth-order valence-electron chi connectivity index (χ4n) is 2.02. The molecule has 2 aromatic heterocycles. The summed E-state index contributed by atoms with van der Waals surface area (Å²) in [6.45, 7) is 6.93. The predicted octanol–water partition coefficient (Wildman–Crippen LogP) is 3.16. The standard InChI is InChI=1S/C13H17BrN4O2S/c1-7(2)11-16-17-13(21)18(11)5-4-15-12(19)10-8(3)6-9(14)20-10/h6-7H,4-5H2,1-3H3,(H,15,19)(H,17,21). The summed E-state index contributed by atoms with van der Waals surface area (Å²) < 4.78 is 8.31. The average Bonchev–Trinajstić information content (AvgIpc) is 2.93. The van der Waals surface area contributed by atoms with Crippen molar-refractivity contribution in [2.75, 3.05) is 6.54 Å². The second kappa shape index (κ2) is 6.57. The van der Waals surface area contributed by atoms with E-state index in [4.69, 9.17) is 16.6 Å². The summed E-state index contributed by atoms with van der Waals surface area (Å²) in [6.07, 6.45) is 0. The van der Waals surface area contributed by atoms with Crippen molar-refractivity contribution in [2.45, 2.75) is 33.2 Å². The molecule has 2 heterocycles. The maximum atomic E-state index is 12.0. The third-order valence-electron chi connectivity index (χ3n) is 3.02. The third-order valence-corrected chi connectivity index (χ3v) is 3.72. The van der Waals surface area contributed by atoms with Crippen molar-refractivity contribution >= 4 is 34.1 Å². The van der Waals surface area contributed by atoms with Gasteiger partial charge in [-0.2, -0.15) is 5.10 Å². The molecule has 8 heteroatoms. The quantitative estimate of drug-likeness (QED) is 0.790. The molecule has 2 aromatic rings. The number of carbonyl (C=O) groups excluding carboxylic acids is 1. The Bertz CT molecular complexity index is 701. The largest absolute Gasteiger partial charge is 0.444 e. The highest BCUT2D eigenvalue weighted by Crippen LogP contribution is 2.19. The molecule has 0 aliphatic heterocycles. The van der Waals surface area contributed by atoms with Crippen LogP contribution < -0.4 is 5.32 Å². The van der Waals surface area contributed by atoms with E-state index in [-0.39, 0.29) is 11.8 Å². The summed E-state index contributed by atoms with van der Waals surface area (Å²) in [7, 11) is 0. The molecular weight excluding hydrogens is 356 g/mol. The van der Waals surface area contributed by atoms with Gasteiger partial charge in [0.2, 0.25) is 0 Å². The molecule has 0 atom stereocenters. The van der Waals surface area contributed by atoms with Gasteiger partial charge in [0.15, 0.2) is 15.2 Å². The van der Waals surface area contributed by atoms with Gasteiger partial charge in [-0.25, -0.2) is 0 Å². The van der Waals surface area contributed by atoms with Crippen LogP contribution in [0.4, 0.5) is 0 Å². The van der Waals surface area contributed by atoms with Crippen molar-refractivity contribution in [3.05, 3.63) is 32.7 Å². The summed E-state index contributed by atoms with van der Waals surface area (Å²) in [6, 6.07) is 1.76. The normalized spacial score (nSPS) is 11.1. The Morgan fingerprint density at radius 1 is 1.62 bits per heavy atom. The van der Waals surface area contributed by atoms with Crippen LogP contribution in [0.5, 0.6) is 0 Å². The van der Waals surface area contributed by atoms with Crippen molar-refractivity contribution in [2.24, 2.45) is 0 Å². The fourth-order valence-corrected chi connectivity index (χ4v) is 2.75. The van der Waals surface area contributed by atoms with E-state index >= 15 is 0 Å². The molecule has 114 valence electrons. The van der Waals surface area contributed by atoms with E-state index in [9.17, 15) is 4.79 Å². The van der Waals surface area contributed by atoms with Crippen molar-refractivity contribution < 1.29 is 9.21 Å². The predicted molar refractivity (Wildman–Crippen MR) is 85.0 cm³/mol. The summed E-state index contributed by atoms with van der Waals surface area (Å²) >= 11 is 8.41. The van der Waals surface area contributed by atoms with Crippen molar-refractivity contribution in [3.63, 3.8) is 0 Å². The van der Waals surface area contributed by atoms with Crippen LogP contribution in [-0.2, 0) is 6.54 Å². The number of hydrogen-bond acceptors (Lipinski definition) is 4. The van der Waals surface area contributed by atoms with E-state index in [1.807, 2.05) is 25.3 Å². The lowest BCUT2D eigenvalue weighted by atomic mass is 10.2. The lowest BCUT2D eigenvalue weighted by Crippen LogP contribution is -2.28. The Morgan fingerprint density at radius 3 is 2.90 bits per heavy atom. The Hall–Kier alpha value is -1.41. The molecule has 2 rings (SSSR count). The average molecular weight is 373 g/mol. The molecule has 21 heavy (non-hydrogen) atoms. The van der Waals surface area contributed by atoms with Gasteiger partial charge in [0, 0.05) is 24.6 Å². The zero-order chi connectivity index (χ0) is 15.6. The molecule has 0 unspecified atom stereocenters. The molecule has 1 amide bonds. The zero-order valence-corrected chi connectivity index (χ0v) is 14.5. The van der Waals surface area contributed by atoms with E-state index in [0.717, 1.165) is 11.4 Å². The number of aryl methyl sites for hydroxylation is 1. The highest BCUT2D eigenvalue weighted by molar-refractivity contribution is 9.10. The maximum absolute atomic E-state index is 12.0. The van der Waals surface area contributed by atoms with Crippen molar-refractivity contribution in [3.8, 4) is 0 Å². The van der Waals surface area contributed by atoms with Crippen molar-refractivity contribution in [1.29, 1.82) is 0 Å². The number of H-pyrrole nitrogens is 1. The lowest BCUT2D eigenvalue weighted by molar-refractivity contribution is 0.0922. The highest BCUT2D eigenvalue weighted by atomic mass is 79.9. The van der Waals surface area contributed by atoms with E-state index in [2.05, 4.69) is 31.4 Å². The number of furan rings is 1. The maximum Gasteiger partial charge on any atom is 0.287 e. The van der Waals surface area contributed by atoms with Crippen molar-refractivity contribution in [1.82, 2.24) is 20.1 Å². The van der Waals surface area contributed by atoms with Crippen LogP contribution in [0, 0.1) is 11.7 Å². The van der Waals surface area contributed by atoms with Crippen LogP contribution in [0.1, 0.15) is 41.7 Å². The lowest BCUT2D eigenvalue weighted by Gasteiger charge is -2.09. The fraction of sp³-hybridized carbons (Fsp3) is 0.462. The molecular formula is C13H17BrN4O2S. The van der Waals surface area contributed by atoms with Crippen LogP contribution in [0.2, 0.25) is 0 Å². The Labute approximate surface area is 136 Å². The number of nitrogens with zero attached hydrogens (tertiary/aromatic N) is 2. The summed E-state index contributed by atoms with van der Waals surface area (Å²) in [4.78, 5) is 12.0. The van der Waals surface area contributed by atoms with Crippen LogP contribution in [0.25, 0.3) is 0 Å². The zero-order valence-electron chi connectivity index (χ0n) is 12.1. The topological polar surface area (TPSA) is 75.8 Å². The molecule has 0 radical (unpaired) electrons. The molecule has 0 saturated carbocycles. The number of halogens is 1. The third kappa shape index (κ3) is 3.62. The van der Waals surface area contributed by atoms with Gasteiger partial charge < -0.3 is 14.3 Å². The van der Waals surface area contributed by atoms with Gasteiger partial charge in [0.25, 0.3) is 5.91 Å². The molecule has 0 spiro atoms. The molecule has 0 saturated heterocycles. The van der Waals surface area contributed by atoms with E-state index in [1.54, 1.807) is 6.07 Å².